The van der Waals surface area contributed by atoms with Gasteiger partial charge in [0.1, 0.15) is 29.9 Å². The third-order valence-electron chi connectivity index (χ3n) is 5.29. The maximum Gasteiger partial charge on any atom is 0.274 e. The van der Waals surface area contributed by atoms with E-state index in [4.69, 9.17) is 4.74 Å². The number of halogens is 1. The van der Waals surface area contributed by atoms with E-state index in [0.29, 0.717) is 50.8 Å². The van der Waals surface area contributed by atoms with Crippen LogP contribution in [0.1, 0.15) is 17.4 Å². The van der Waals surface area contributed by atoms with Crippen molar-refractivity contribution in [2.24, 2.45) is 0 Å². The SMILES string of the molecule is CCn1ccc(C(=O)N2CCN(C)[C@H](C(=O)N(C)CCOc3ccc(F)cc3)C2)n1. The minimum atomic E-state index is -0.424. The van der Waals surface area contributed by atoms with Gasteiger partial charge in [-0.05, 0) is 44.3 Å². The summed E-state index contributed by atoms with van der Waals surface area (Å²) in [6, 6.07) is 7.05. The number of benzene rings is 1. The molecule has 1 aromatic heterocycles. The highest BCUT2D eigenvalue weighted by atomic mass is 19.1. The highest BCUT2D eigenvalue weighted by Crippen LogP contribution is 2.14. The normalized spacial score (nSPS) is 17.1. The van der Waals surface area contributed by atoms with Gasteiger partial charge in [0.05, 0.1) is 6.54 Å². The molecule has 0 aliphatic carbocycles. The summed E-state index contributed by atoms with van der Waals surface area (Å²) in [5.41, 5.74) is 0.397. The number of aryl methyl sites for hydroxylation is 1. The summed E-state index contributed by atoms with van der Waals surface area (Å²) in [7, 11) is 3.60. The van der Waals surface area contributed by atoms with E-state index in [1.807, 2.05) is 18.9 Å². The summed E-state index contributed by atoms with van der Waals surface area (Å²) in [5.74, 6) is -0.00180. The Labute approximate surface area is 175 Å². The first-order valence-corrected chi connectivity index (χ1v) is 10.1. The van der Waals surface area contributed by atoms with Crippen LogP contribution in [0.25, 0.3) is 0 Å². The van der Waals surface area contributed by atoms with Crippen LogP contribution in [-0.2, 0) is 11.3 Å². The number of ether oxygens (including phenoxy) is 1. The van der Waals surface area contributed by atoms with Crippen LogP contribution in [0, 0.1) is 5.82 Å². The Morgan fingerprint density at radius 2 is 1.97 bits per heavy atom. The van der Waals surface area contributed by atoms with Gasteiger partial charge >= 0.3 is 0 Å². The van der Waals surface area contributed by atoms with Crippen molar-refractivity contribution in [2.45, 2.75) is 19.5 Å². The third-order valence-corrected chi connectivity index (χ3v) is 5.29. The van der Waals surface area contributed by atoms with E-state index in [1.165, 1.54) is 12.1 Å². The number of hydrogen-bond acceptors (Lipinski definition) is 5. The predicted molar refractivity (Wildman–Crippen MR) is 110 cm³/mol. The fourth-order valence-corrected chi connectivity index (χ4v) is 3.33. The molecule has 0 N–H and O–H groups in total. The molecule has 0 radical (unpaired) electrons. The second-order valence-electron chi connectivity index (χ2n) is 7.37. The zero-order chi connectivity index (χ0) is 21.7. The minimum absolute atomic E-state index is 0.0724. The highest BCUT2D eigenvalue weighted by molar-refractivity contribution is 5.93. The van der Waals surface area contributed by atoms with Crippen molar-refractivity contribution in [3.05, 3.63) is 48.0 Å². The maximum atomic E-state index is 13.0. The van der Waals surface area contributed by atoms with Gasteiger partial charge in [0.2, 0.25) is 5.91 Å². The molecule has 1 atom stereocenters. The molecule has 9 heteroatoms. The predicted octanol–water partition coefficient (Wildman–Crippen LogP) is 1.34. The fourth-order valence-electron chi connectivity index (χ4n) is 3.33. The van der Waals surface area contributed by atoms with Crippen LogP contribution in [0.4, 0.5) is 4.39 Å². The number of aromatic nitrogens is 2. The summed E-state index contributed by atoms with van der Waals surface area (Å²) in [6.07, 6.45) is 1.78. The summed E-state index contributed by atoms with van der Waals surface area (Å²) in [4.78, 5) is 31.0. The van der Waals surface area contributed by atoms with Gasteiger partial charge < -0.3 is 14.5 Å². The molecule has 1 fully saturated rings. The van der Waals surface area contributed by atoms with Gasteiger partial charge in [-0.25, -0.2) is 4.39 Å². The first-order chi connectivity index (χ1) is 14.4. The molecule has 2 heterocycles. The quantitative estimate of drug-likeness (QED) is 0.680. The number of carbonyl (C=O) groups is 2. The van der Waals surface area contributed by atoms with Crippen molar-refractivity contribution in [1.82, 2.24) is 24.5 Å². The molecule has 3 rings (SSSR count). The number of hydrogen-bond donors (Lipinski definition) is 0. The Kier molecular flexibility index (Phi) is 7.04. The van der Waals surface area contributed by atoms with Crippen molar-refractivity contribution >= 4 is 11.8 Å². The van der Waals surface area contributed by atoms with Crippen LogP contribution in [0.2, 0.25) is 0 Å². The zero-order valence-electron chi connectivity index (χ0n) is 17.6. The summed E-state index contributed by atoms with van der Waals surface area (Å²) in [6.45, 7) is 4.81. The standard InChI is InChI=1S/C21H28FN5O3/c1-4-27-10-9-18(23-27)20(28)26-12-11-24(2)19(15-26)21(29)25(3)13-14-30-17-7-5-16(22)6-8-17/h5-10,19H,4,11-15H2,1-3H3/t19-/m0/s1. The lowest BCUT2D eigenvalue weighted by molar-refractivity contribution is -0.137. The fraction of sp³-hybridized carbons (Fsp3) is 0.476. The maximum absolute atomic E-state index is 13.0. The van der Waals surface area contributed by atoms with Crippen molar-refractivity contribution in [3.8, 4) is 5.75 Å². The topological polar surface area (TPSA) is 70.9 Å². The smallest absolute Gasteiger partial charge is 0.274 e. The van der Waals surface area contributed by atoms with E-state index in [0.717, 1.165) is 0 Å². The molecular formula is C21H28FN5O3. The zero-order valence-corrected chi connectivity index (χ0v) is 17.6. The molecule has 1 aliphatic rings. The average Bonchev–Trinajstić information content (AvgIpc) is 3.24. The van der Waals surface area contributed by atoms with Crippen molar-refractivity contribution in [3.63, 3.8) is 0 Å². The lowest BCUT2D eigenvalue weighted by Crippen LogP contribution is -2.59. The Balaban J connectivity index is 1.55. The monoisotopic (exact) mass is 417 g/mol. The number of nitrogens with zero attached hydrogens (tertiary/aromatic N) is 5. The number of carbonyl (C=O) groups excluding carboxylic acids is 2. The van der Waals surface area contributed by atoms with Gasteiger partial charge in [0, 0.05) is 39.4 Å². The second kappa shape index (κ2) is 9.71. The molecule has 0 bridgehead atoms. The van der Waals surface area contributed by atoms with Crippen LogP contribution in [-0.4, -0.2) is 89.2 Å². The van der Waals surface area contributed by atoms with Crippen LogP contribution in [0.3, 0.4) is 0 Å². The van der Waals surface area contributed by atoms with Gasteiger partial charge in [0.25, 0.3) is 5.91 Å². The largest absolute Gasteiger partial charge is 0.492 e. The van der Waals surface area contributed by atoms with Crippen molar-refractivity contribution in [2.75, 3.05) is 46.9 Å². The molecule has 8 nitrogen and oxygen atoms in total. The molecule has 30 heavy (non-hydrogen) atoms. The second-order valence-corrected chi connectivity index (χ2v) is 7.37. The van der Waals surface area contributed by atoms with Crippen molar-refractivity contribution < 1.29 is 18.7 Å². The van der Waals surface area contributed by atoms with E-state index in [9.17, 15) is 14.0 Å². The van der Waals surface area contributed by atoms with Gasteiger partial charge in [0.15, 0.2) is 0 Å². The number of amides is 2. The first-order valence-electron chi connectivity index (χ1n) is 10.1. The molecule has 1 saturated heterocycles. The molecule has 0 spiro atoms. The van der Waals surface area contributed by atoms with Gasteiger partial charge in [-0.2, -0.15) is 5.10 Å². The van der Waals surface area contributed by atoms with E-state index in [-0.39, 0.29) is 17.6 Å². The minimum Gasteiger partial charge on any atom is -0.492 e. The number of likely N-dealkylation sites (N-methyl/N-ethyl adjacent to an activating group) is 2. The van der Waals surface area contributed by atoms with Gasteiger partial charge in [-0.3, -0.25) is 19.2 Å². The van der Waals surface area contributed by atoms with Gasteiger partial charge in [-0.1, -0.05) is 0 Å². The lowest BCUT2D eigenvalue weighted by atomic mass is 10.1. The van der Waals surface area contributed by atoms with Crippen LogP contribution >= 0.6 is 0 Å². The molecule has 1 aromatic carbocycles. The summed E-state index contributed by atoms with van der Waals surface area (Å²) >= 11 is 0. The number of rotatable bonds is 7. The Morgan fingerprint density at radius 3 is 2.63 bits per heavy atom. The number of piperazine rings is 1. The van der Waals surface area contributed by atoms with Crippen LogP contribution < -0.4 is 4.74 Å². The third kappa shape index (κ3) is 5.15. The molecule has 2 amide bonds. The van der Waals surface area contributed by atoms with Crippen molar-refractivity contribution in [1.29, 1.82) is 0 Å². The molecular weight excluding hydrogens is 389 g/mol. The molecule has 0 saturated carbocycles. The molecule has 162 valence electrons. The molecule has 1 aliphatic heterocycles. The van der Waals surface area contributed by atoms with E-state index >= 15 is 0 Å². The van der Waals surface area contributed by atoms with E-state index in [2.05, 4.69) is 5.10 Å². The molecule has 0 unspecified atom stereocenters. The highest BCUT2D eigenvalue weighted by Gasteiger charge is 2.34. The molecule has 2 aromatic rings. The van der Waals surface area contributed by atoms with Crippen LogP contribution in [0.5, 0.6) is 5.75 Å². The Morgan fingerprint density at radius 1 is 1.23 bits per heavy atom. The first kappa shape index (κ1) is 21.8. The lowest BCUT2D eigenvalue weighted by Gasteiger charge is -2.39. The van der Waals surface area contributed by atoms with Gasteiger partial charge in [-0.15, -0.1) is 0 Å². The van der Waals surface area contributed by atoms with E-state index in [1.54, 1.807) is 45.9 Å². The summed E-state index contributed by atoms with van der Waals surface area (Å²) < 4.78 is 20.2. The Bertz CT molecular complexity index is 870. The van der Waals surface area contributed by atoms with Crippen LogP contribution in [0.15, 0.2) is 36.5 Å². The summed E-state index contributed by atoms with van der Waals surface area (Å²) in [5, 5.41) is 4.28. The average molecular weight is 417 g/mol. The van der Waals surface area contributed by atoms with E-state index < -0.39 is 6.04 Å². The Hall–Kier alpha value is -2.94.